The van der Waals surface area contributed by atoms with Crippen LogP contribution in [-0.2, 0) is 6.54 Å². The summed E-state index contributed by atoms with van der Waals surface area (Å²) in [4.78, 5) is 10.5. The fourth-order valence-electron chi connectivity index (χ4n) is 3.54. The number of halogens is 3. The van der Waals surface area contributed by atoms with Crippen LogP contribution in [0.15, 0.2) is 24.3 Å². The molecule has 3 heterocycles. The summed E-state index contributed by atoms with van der Waals surface area (Å²) in [5.41, 5.74) is 1.69. The van der Waals surface area contributed by atoms with Crippen molar-refractivity contribution in [2.45, 2.75) is 44.3 Å². The summed E-state index contributed by atoms with van der Waals surface area (Å²) in [5.74, 6) is -2.41. The van der Waals surface area contributed by atoms with E-state index in [1.54, 1.807) is 10.7 Å². The summed E-state index contributed by atoms with van der Waals surface area (Å²) in [6.07, 6.45) is 2.83. The van der Waals surface area contributed by atoms with E-state index in [-0.39, 0.29) is 25.1 Å². The maximum Gasteiger partial charge on any atom is 0.320 e. The predicted molar refractivity (Wildman–Crippen MR) is 104 cm³/mol. The maximum atomic E-state index is 13.8. The van der Waals surface area contributed by atoms with Gasteiger partial charge in [-0.15, -0.1) is 5.10 Å². The van der Waals surface area contributed by atoms with Crippen molar-refractivity contribution >= 4 is 28.6 Å². The van der Waals surface area contributed by atoms with Gasteiger partial charge in [-0.2, -0.15) is 9.97 Å². The lowest BCUT2D eigenvalue weighted by Gasteiger charge is -2.25. The van der Waals surface area contributed by atoms with Crippen LogP contribution >= 0.6 is 11.6 Å². The molecule has 1 aromatic carbocycles. The van der Waals surface area contributed by atoms with E-state index in [2.05, 4.69) is 20.3 Å². The molecule has 5 rings (SSSR count). The molecule has 1 saturated heterocycles. The predicted octanol–water partition coefficient (Wildman–Crippen LogP) is 3.70. The second-order valence-corrected chi connectivity index (χ2v) is 7.95. The molecule has 152 valence electrons. The largest absolute Gasteiger partial charge is 0.460 e. The minimum atomic E-state index is -2.75. The maximum absolute atomic E-state index is 13.8. The van der Waals surface area contributed by atoms with E-state index in [0.717, 1.165) is 24.8 Å². The Kier molecular flexibility index (Phi) is 4.49. The van der Waals surface area contributed by atoms with E-state index in [1.165, 1.54) is 4.90 Å². The van der Waals surface area contributed by atoms with Crippen molar-refractivity contribution < 1.29 is 13.5 Å². The molecule has 1 aliphatic heterocycles. The second kappa shape index (κ2) is 7.05. The van der Waals surface area contributed by atoms with Gasteiger partial charge in [-0.1, -0.05) is 35.0 Å². The van der Waals surface area contributed by atoms with Crippen molar-refractivity contribution in [1.82, 2.24) is 25.0 Å². The monoisotopic (exact) mass is 420 g/mol. The van der Waals surface area contributed by atoms with Crippen LogP contribution in [0.3, 0.4) is 0 Å². The summed E-state index contributed by atoms with van der Waals surface area (Å²) in [6.45, 7) is 0.143. The molecule has 10 heteroatoms. The normalized spacial score (nSPS) is 18.9. The number of rotatable bonds is 5. The van der Waals surface area contributed by atoms with Gasteiger partial charge in [-0.05, 0) is 30.9 Å². The number of alkyl halides is 2. The van der Waals surface area contributed by atoms with Gasteiger partial charge < -0.3 is 9.64 Å². The summed E-state index contributed by atoms with van der Waals surface area (Å²) in [5, 5.41) is 8.99. The van der Waals surface area contributed by atoms with Crippen LogP contribution in [0.2, 0.25) is 5.02 Å². The number of nitrogens with zero attached hydrogens (tertiary/aromatic N) is 6. The molecule has 0 bridgehead atoms. The number of ether oxygens (including phenoxy) is 1. The van der Waals surface area contributed by atoms with Crippen molar-refractivity contribution in [3.05, 3.63) is 34.9 Å². The van der Waals surface area contributed by atoms with Crippen molar-refractivity contribution in [2.75, 3.05) is 18.0 Å². The third-order valence-electron chi connectivity index (χ3n) is 5.40. The molecule has 2 aromatic heterocycles. The van der Waals surface area contributed by atoms with E-state index in [9.17, 15) is 8.78 Å². The van der Waals surface area contributed by atoms with Gasteiger partial charge in [-0.25, -0.2) is 13.5 Å². The Bertz CT molecular complexity index is 1050. The Morgan fingerprint density at radius 1 is 1.21 bits per heavy atom. The van der Waals surface area contributed by atoms with E-state index in [4.69, 9.17) is 16.3 Å². The number of hydrogen-bond acceptors (Lipinski definition) is 6. The van der Waals surface area contributed by atoms with Gasteiger partial charge >= 0.3 is 6.01 Å². The van der Waals surface area contributed by atoms with Crippen LogP contribution in [0.5, 0.6) is 6.01 Å². The molecule has 7 nitrogen and oxygen atoms in total. The van der Waals surface area contributed by atoms with Crippen molar-refractivity contribution in [3.63, 3.8) is 0 Å². The number of aromatic nitrogens is 5. The van der Waals surface area contributed by atoms with Gasteiger partial charge in [0.1, 0.15) is 6.10 Å². The lowest BCUT2D eigenvalue weighted by molar-refractivity contribution is 0.0256. The first-order valence-electron chi connectivity index (χ1n) is 9.63. The van der Waals surface area contributed by atoms with Crippen molar-refractivity contribution in [2.24, 2.45) is 0 Å². The Balaban J connectivity index is 1.56. The molecule has 2 aliphatic rings. The van der Waals surface area contributed by atoms with Gasteiger partial charge in [0.15, 0.2) is 17.0 Å². The Labute approximate surface area is 170 Å². The first-order chi connectivity index (χ1) is 14.0. The van der Waals surface area contributed by atoms with Crippen LogP contribution in [0.1, 0.15) is 31.2 Å². The summed E-state index contributed by atoms with van der Waals surface area (Å²) in [6, 6.07) is 7.61. The zero-order valence-electron chi connectivity index (χ0n) is 15.6. The van der Waals surface area contributed by atoms with E-state index >= 15 is 0 Å². The van der Waals surface area contributed by atoms with E-state index in [0.29, 0.717) is 28.5 Å². The smallest absolute Gasteiger partial charge is 0.320 e. The molecule has 0 unspecified atom stereocenters. The standard InChI is InChI=1S/C19H19ClF2N6O/c20-14-7-2-1-4-12(14)10-28-17-15(25-26-28)16(27-9-8-19(21,22)11-27)23-18(24-17)29-13-5-3-6-13/h1-2,4,7,13H,3,5-6,8-11H2. The molecule has 1 saturated carbocycles. The lowest BCUT2D eigenvalue weighted by atomic mass is 9.96. The molecular weight excluding hydrogens is 402 g/mol. The van der Waals surface area contributed by atoms with Crippen LogP contribution in [0.25, 0.3) is 11.2 Å². The van der Waals surface area contributed by atoms with Crippen LogP contribution in [0, 0.1) is 0 Å². The second-order valence-electron chi connectivity index (χ2n) is 7.54. The van der Waals surface area contributed by atoms with Crippen molar-refractivity contribution in [3.8, 4) is 6.01 Å². The van der Waals surface area contributed by atoms with Crippen LogP contribution < -0.4 is 9.64 Å². The molecule has 0 atom stereocenters. The first-order valence-corrected chi connectivity index (χ1v) is 10.0. The van der Waals surface area contributed by atoms with Gasteiger partial charge in [0.2, 0.25) is 0 Å². The fraction of sp³-hybridized carbons (Fsp3) is 0.474. The summed E-state index contributed by atoms with van der Waals surface area (Å²) >= 11 is 6.27. The highest BCUT2D eigenvalue weighted by molar-refractivity contribution is 6.31. The third kappa shape index (κ3) is 3.59. The highest BCUT2D eigenvalue weighted by Crippen LogP contribution is 2.34. The number of hydrogen-bond donors (Lipinski definition) is 0. The molecule has 2 fully saturated rings. The molecule has 3 aromatic rings. The highest BCUT2D eigenvalue weighted by atomic mass is 35.5. The summed E-state index contributed by atoms with van der Waals surface area (Å²) in [7, 11) is 0. The Hall–Kier alpha value is -2.55. The quantitative estimate of drug-likeness (QED) is 0.627. The number of anilines is 1. The molecule has 0 radical (unpaired) electrons. The van der Waals surface area contributed by atoms with Gasteiger partial charge in [-0.3, -0.25) is 0 Å². The van der Waals surface area contributed by atoms with Gasteiger partial charge in [0.25, 0.3) is 5.92 Å². The third-order valence-corrected chi connectivity index (χ3v) is 5.76. The average Bonchev–Trinajstić information content (AvgIpc) is 3.23. The SMILES string of the molecule is FC1(F)CCN(c2nc(OC3CCC3)nc3c2nnn3Cc2ccccc2Cl)C1. The minimum absolute atomic E-state index is 0.0632. The molecule has 29 heavy (non-hydrogen) atoms. The molecule has 0 spiro atoms. The van der Waals surface area contributed by atoms with Crippen molar-refractivity contribution in [1.29, 1.82) is 0 Å². The fourth-order valence-corrected chi connectivity index (χ4v) is 3.74. The Morgan fingerprint density at radius 3 is 2.72 bits per heavy atom. The van der Waals surface area contributed by atoms with E-state index in [1.807, 2.05) is 18.2 Å². The number of fused-ring (bicyclic) bond motifs is 1. The molecule has 1 aliphatic carbocycles. The zero-order chi connectivity index (χ0) is 20.0. The zero-order valence-corrected chi connectivity index (χ0v) is 16.3. The van der Waals surface area contributed by atoms with Crippen LogP contribution in [0.4, 0.5) is 14.6 Å². The average molecular weight is 421 g/mol. The first kappa shape index (κ1) is 18.5. The number of benzene rings is 1. The lowest BCUT2D eigenvalue weighted by Crippen LogP contribution is -2.28. The van der Waals surface area contributed by atoms with Gasteiger partial charge in [0, 0.05) is 18.0 Å². The Morgan fingerprint density at radius 2 is 2.03 bits per heavy atom. The molecule has 0 amide bonds. The molecule has 0 N–H and O–H groups in total. The van der Waals surface area contributed by atoms with Crippen LogP contribution in [-0.4, -0.2) is 50.1 Å². The minimum Gasteiger partial charge on any atom is -0.460 e. The highest BCUT2D eigenvalue weighted by Gasteiger charge is 2.40. The van der Waals surface area contributed by atoms with Gasteiger partial charge in [0.05, 0.1) is 13.1 Å². The summed E-state index contributed by atoms with van der Waals surface area (Å²) < 4.78 is 35.1. The molecular formula is C19H19ClF2N6O. The topological polar surface area (TPSA) is 69.0 Å². The van der Waals surface area contributed by atoms with E-state index < -0.39 is 12.5 Å².